The van der Waals surface area contributed by atoms with E-state index < -0.39 is 12.0 Å². The second kappa shape index (κ2) is 8.77. The number of rotatable bonds is 7. The molecule has 7 nitrogen and oxygen atoms in total. The van der Waals surface area contributed by atoms with Crippen molar-refractivity contribution in [3.8, 4) is 0 Å². The van der Waals surface area contributed by atoms with E-state index in [4.69, 9.17) is 5.11 Å². The van der Waals surface area contributed by atoms with Gasteiger partial charge in [0.05, 0.1) is 0 Å². The Bertz CT molecular complexity index is 566. The minimum absolute atomic E-state index is 0.00294. The van der Waals surface area contributed by atoms with Gasteiger partial charge < -0.3 is 20.6 Å². The second-order valence-electron chi connectivity index (χ2n) is 5.40. The molecule has 0 unspecified atom stereocenters. The Labute approximate surface area is 135 Å². The molecule has 1 aromatic carbocycles. The topological polar surface area (TPSA) is 98.7 Å². The summed E-state index contributed by atoms with van der Waals surface area (Å²) in [6.07, 6.45) is 0.348. The fourth-order valence-corrected chi connectivity index (χ4v) is 2.05. The molecule has 0 aromatic heterocycles. The van der Waals surface area contributed by atoms with Gasteiger partial charge in [0, 0.05) is 25.7 Å². The molecule has 0 heterocycles. The van der Waals surface area contributed by atoms with Gasteiger partial charge in [-0.25, -0.2) is 4.79 Å². The maximum absolute atomic E-state index is 12.0. The molecular weight excluding hydrogens is 298 g/mol. The number of aryl methyl sites for hydroxylation is 2. The molecule has 0 aliphatic heterocycles. The number of carbonyl (C=O) groups is 3. The first kappa shape index (κ1) is 18.5. The normalized spacial score (nSPS) is 10.0. The molecule has 3 N–H and O–H groups in total. The number of urea groups is 1. The molecule has 0 saturated carbocycles. The van der Waals surface area contributed by atoms with Gasteiger partial charge in [-0.2, -0.15) is 0 Å². The molecule has 0 fully saturated rings. The van der Waals surface area contributed by atoms with Crippen molar-refractivity contribution in [2.45, 2.75) is 26.7 Å². The fourth-order valence-electron chi connectivity index (χ4n) is 2.05. The van der Waals surface area contributed by atoms with E-state index in [0.29, 0.717) is 6.42 Å². The van der Waals surface area contributed by atoms with E-state index >= 15 is 0 Å². The number of anilines is 1. The fraction of sp³-hybridized carbons (Fsp3) is 0.438. The summed E-state index contributed by atoms with van der Waals surface area (Å²) in [6.45, 7) is 3.98. The number of para-hydroxylation sites is 1. The van der Waals surface area contributed by atoms with Gasteiger partial charge in [0.1, 0.15) is 6.54 Å². The summed E-state index contributed by atoms with van der Waals surface area (Å²) in [5.74, 6) is -1.19. The molecular formula is C16H23N3O4. The number of hydrogen-bond donors (Lipinski definition) is 3. The first-order chi connectivity index (χ1) is 10.8. The zero-order chi connectivity index (χ0) is 17.4. The van der Waals surface area contributed by atoms with Crippen molar-refractivity contribution in [3.63, 3.8) is 0 Å². The Morgan fingerprint density at radius 3 is 2.35 bits per heavy atom. The summed E-state index contributed by atoms with van der Waals surface area (Å²) in [5.41, 5.74) is 2.67. The Morgan fingerprint density at radius 2 is 1.78 bits per heavy atom. The van der Waals surface area contributed by atoms with Crippen LogP contribution in [0.25, 0.3) is 0 Å². The lowest BCUT2D eigenvalue weighted by molar-refractivity contribution is -0.137. The van der Waals surface area contributed by atoms with Crippen LogP contribution in [0.3, 0.4) is 0 Å². The molecule has 7 heteroatoms. The number of likely N-dealkylation sites (N-methyl/N-ethyl adjacent to an activating group) is 1. The molecule has 0 bridgehead atoms. The molecule has 0 spiro atoms. The van der Waals surface area contributed by atoms with E-state index in [-0.39, 0.29) is 25.4 Å². The predicted molar refractivity (Wildman–Crippen MR) is 87.4 cm³/mol. The maximum atomic E-state index is 12.0. The van der Waals surface area contributed by atoms with Gasteiger partial charge in [0.25, 0.3) is 0 Å². The van der Waals surface area contributed by atoms with Crippen LogP contribution < -0.4 is 10.6 Å². The van der Waals surface area contributed by atoms with Gasteiger partial charge in [0.2, 0.25) is 5.91 Å². The number of benzene rings is 1. The number of nitrogens with one attached hydrogen (secondary N) is 2. The number of carboxylic acid groups (broad SMARTS) is 1. The van der Waals surface area contributed by atoms with Crippen LogP contribution in [-0.4, -0.2) is 48.1 Å². The third kappa shape index (κ3) is 6.37. The summed E-state index contributed by atoms with van der Waals surface area (Å²) >= 11 is 0. The number of amides is 3. The Balaban J connectivity index is 2.44. The number of hydrogen-bond acceptors (Lipinski definition) is 3. The zero-order valence-corrected chi connectivity index (χ0v) is 13.7. The monoisotopic (exact) mass is 321 g/mol. The van der Waals surface area contributed by atoms with Crippen molar-refractivity contribution in [3.05, 3.63) is 29.3 Å². The third-order valence-electron chi connectivity index (χ3n) is 3.32. The lowest BCUT2D eigenvalue weighted by atomic mass is 10.1. The van der Waals surface area contributed by atoms with Crippen molar-refractivity contribution in [1.29, 1.82) is 0 Å². The van der Waals surface area contributed by atoms with Crippen LogP contribution in [0.4, 0.5) is 10.5 Å². The maximum Gasteiger partial charge on any atom is 0.317 e. The standard InChI is InChI=1S/C16H23N3O4/c1-11-6-4-7-12(2)15(11)18-13(20)10-19(3)16(23)17-9-5-8-14(21)22/h4,6-7H,5,8-10H2,1-3H3,(H,17,23)(H,18,20)(H,21,22). The molecule has 0 radical (unpaired) electrons. The van der Waals surface area contributed by atoms with Crippen LogP contribution in [0, 0.1) is 13.8 Å². The van der Waals surface area contributed by atoms with E-state index in [1.165, 1.54) is 11.9 Å². The van der Waals surface area contributed by atoms with Crippen molar-refractivity contribution in [2.75, 3.05) is 25.5 Å². The van der Waals surface area contributed by atoms with E-state index in [1.807, 2.05) is 32.0 Å². The van der Waals surface area contributed by atoms with Crippen LogP contribution in [-0.2, 0) is 9.59 Å². The highest BCUT2D eigenvalue weighted by Crippen LogP contribution is 2.19. The molecule has 0 atom stereocenters. The van der Waals surface area contributed by atoms with Gasteiger partial charge in [-0.3, -0.25) is 9.59 Å². The smallest absolute Gasteiger partial charge is 0.317 e. The molecule has 1 aromatic rings. The van der Waals surface area contributed by atoms with Gasteiger partial charge in [-0.05, 0) is 31.4 Å². The lowest BCUT2D eigenvalue weighted by Gasteiger charge is -2.18. The highest BCUT2D eigenvalue weighted by molar-refractivity contribution is 5.95. The van der Waals surface area contributed by atoms with Gasteiger partial charge in [0.15, 0.2) is 0 Å². The average Bonchev–Trinajstić information content (AvgIpc) is 2.47. The molecule has 126 valence electrons. The molecule has 0 aliphatic rings. The third-order valence-corrected chi connectivity index (χ3v) is 3.32. The first-order valence-corrected chi connectivity index (χ1v) is 7.38. The van der Waals surface area contributed by atoms with Crippen molar-refractivity contribution < 1.29 is 19.5 Å². The van der Waals surface area contributed by atoms with Crippen LogP contribution in [0.1, 0.15) is 24.0 Å². The van der Waals surface area contributed by atoms with Gasteiger partial charge in [-0.1, -0.05) is 18.2 Å². The molecule has 0 aliphatic carbocycles. The largest absolute Gasteiger partial charge is 0.481 e. The van der Waals surface area contributed by atoms with E-state index in [0.717, 1.165) is 16.8 Å². The molecule has 1 rings (SSSR count). The minimum Gasteiger partial charge on any atom is -0.481 e. The van der Waals surface area contributed by atoms with Crippen molar-refractivity contribution >= 4 is 23.6 Å². The van der Waals surface area contributed by atoms with Crippen molar-refractivity contribution in [2.24, 2.45) is 0 Å². The van der Waals surface area contributed by atoms with Crippen molar-refractivity contribution in [1.82, 2.24) is 10.2 Å². The average molecular weight is 321 g/mol. The van der Waals surface area contributed by atoms with Crippen LogP contribution in [0.5, 0.6) is 0 Å². The number of carbonyl (C=O) groups excluding carboxylic acids is 2. The Hall–Kier alpha value is -2.57. The summed E-state index contributed by atoms with van der Waals surface area (Å²) in [7, 11) is 1.51. The number of carboxylic acids is 1. The Morgan fingerprint density at radius 1 is 1.17 bits per heavy atom. The summed E-state index contributed by atoms with van der Waals surface area (Å²) in [5, 5.41) is 13.9. The summed E-state index contributed by atoms with van der Waals surface area (Å²) in [6, 6.07) is 5.31. The van der Waals surface area contributed by atoms with Crippen LogP contribution in [0.15, 0.2) is 18.2 Å². The summed E-state index contributed by atoms with van der Waals surface area (Å²) in [4.78, 5) is 35.5. The molecule has 0 saturated heterocycles. The molecule has 23 heavy (non-hydrogen) atoms. The van der Waals surface area contributed by atoms with E-state index in [9.17, 15) is 14.4 Å². The van der Waals surface area contributed by atoms with Crippen LogP contribution >= 0.6 is 0 Å². The van der Waals surface area contributed by atoms with Gasteiger partial charge >= 0.3 is 12.0 Å². The van der Waals surface area contributed by atoms with Crippen LogP contribution in [0.2, 0.25) is 0 Å². The second-order valence-corrected chi connectivity index (χ2v) is 5.40. The Kier molecular flexibility index (Phi) is 7.05. The number of nitrogens with zero attached hydrogens (tertiary/aromatic N) is 1. The van der Waals surface area contributed by atoms with E-state index in [2.05, 4.69) is 10.6 Å². The van der Waals surface area contributed by atoms with E-state index in [1.54, 1.807) is 0 Å². The number of aliphatic carboxylic acids is 1. The quantitative estimate of drug-likeness (QED) is 0.666. The SMILES string of the molecule is Cc1cccc(C)c1NC(=O)CN(C)C(=O)NCCCC(=O)O. The predicted octanol–water partition coefficient (Wildman–Crippen LogP) is 1.75. The molecule has 3 amide bonds. The van der Waals surface area contributed by atoms with Gasteiger partial charge in [-0.15, -0.1) is 0 Å². The zero-order valence-electron chi connectivity index (χ0n) is 13.7. The lowest BCUT2D eigenvalue weighted by Crippen LogP contribution is -2.42. The minimum atomic E-state index is -0.902. The highest BCUT2D eigenvalue weighted by atomic mass is 16.4. The first-order valence-electron chi connectivity index (χ1n) is 7.38. The highest BCUT2D eigenvalue weighted by Gasteiger charge is 2.14. The summed E-state index contributed by atoms with van der Waals surface area (Å²) < 4.78 is 0.